The van der Waals surface area contributed by atoms with Crippen LogP contribution in [-0.4, -0.2) is 9.55 Å². The van der Waals surface area contributed by atoms with Crippen molar-refractivity contribution in [2.24, 2.45) is 0 Å². The highest BCUT2D eigenvalue weighted by Gasteiger charge is 2.50. The molecule has 0 unspecified atom stereocenters. The molecule has 0 fully saturated rings. The number of alkyl halides is 6. The summed E-state index contributed by atoms with van der Waals surface area (Å²) >= 11 is 18.1. The van der Waals surface area contributed by atoms with Crippen LogP contribution in [0.25, 0.3) is 27.5 Å². The quantitative estimate of drug-likeness (QED) is 0.217. The van der Waals surface area contributed by atoms with E-state index in [1.165, 1.54) is 60.7 Å². The normalized spacial score (nSPS) is 12.5. The van der Waals surface area contributed by atoms with E-state index in [9.17, 15) is 26.3 Å². The Balaban J connectivity index is 2.04. The maximum atomic E-state index is 14.5. The van der Waals surface area contributed by atoms with Crippen molar-refractivity contribution in [3.8, 4) is 5.69 Å². The Kier molecular flexibility index (Phi) is 6.21. The summed E-state index contributed by atoms with van der Waals surface area (Å²) < 4.78 is 87.6. The van der Waals surface area contributed by atoms with Gasteiger partial charge in [0.05, 0.1) is 22.0 Å². The van der Waals surface area contributed by atoms with E-state index in [1.54, 1.807) is 0 Å². The van der Waals surface area contributed by atoms with Gasteiger partial charge in [-0.15, -0.1) is 0 Å². The monoisotopic (exact) mass is 573 g/mol. The SMILES string of the molecule is FC(F)(F)c1c(C(F)(F)F)n(-c2cccc(Cl)c2)c2c1c(Nc1cccc(Cl)c1)nc1cc(Cl)ccc12. The molecule has 0 aliphatic heterocycles. The fourth-order valence-electron chi connectivity index (χ4n) is 4.24. The zero-order valence-electron chi connectivity index (χ0n) is 18.1. The van der Waals surface area contributed by atoms with Crippen molar-refractivity contribution in [3.05, 3.63) is 93.1 Å². The van der Waals surface area contributed by atoms with Crippen molar-refractivity contribution >= 4 is 68.1 Å². The molecule has 5 aromatic rings. The third-order valence-electron chi connectivity index (χ3n) is 5.56. The van der Waals surface area contributed by atoms with Crippen molar-refractivity contribution in [1.82, 2.24) is 9.55 Å². The number of fused-ring (bicyclic) bond motifs is 3. The second-order valence-electron chi connectivity index (χ2n) is 8.02. The molecule has 1 N–H and O–H groups in total. The Labute approximate surface area is 220 Å². The Morgan fingerprint density at radius 2 is 1.38 bits per heavy atom. The molecule has 3 aromatic carbocycles. The lowest BCUT2D eigenvalue weighted by molar-refractivity contribution is -0.164. The first-order chi connectivity index (χ1) is 17.3. The fraction of sp³-hybridized carbons (Fsp3) is 0.0800. The minimum absolute atomic E-state index is 0.0250. The molecule has 190 valence electrons. The number of rotatable bonds is 3. The van der Waals surface area contributed by atoms with Crippen LogP contribution in [0.15, 0.2) is 66.7 Å². The van der Waals surface area contributed by atoms with Crippen LogP contribution in [0.4, 0.5) is 37.8 Å². The lowest BCUT2D eigenvalue weighted by atomic mass is 10.1. The molecule has 0 saturated carbocycles. The summed E-state index contributed by atoms with van der Waals surface area (Å²) in [5.74, 6) is -0.453. The lowest BCUT2D eigenvalue weighted by Crippen LogP contribution is -2.19. The van der Waals surface area contributed by atoms with Gasteiger partial charge in [0.25, 0.3) is 0 Å². The van der Waals surface area contributed by atoms with Crippen molar-refractivity contribution in [1.29, 1.82) is 0 Å². The first-order valence-electron chi connectivity index (χ1n) is 10.4. The van der Waals surface area contributed by atoms with Crippen LogP contribution in [0.3, 0.4) is 0 Å². The molecule has 12 heteroatoms. The average molecular weight is 575 g/mol. The van der Waals surface area contributed by atoms with Gasteiger partial charge < -0.3 is 9.88 Å². The number of benzene rings is 3. The highest BCUT2D eigenvalue weighted by molar-refractivity contribution is 6.32. The van der Waals surface area contributed by atoms with E-state index in [0.717, 1.165) is 6.07 Å². The van der Waals surface area contributed by atoms with E-state index in [4.69, 9.17) is 34.8 Å². The largest absolute Gasteiger partial charge is 0.432 e. The molecule has 2 aromatic heterocycles. The zero-order valence-corrected chi connectivity index (χ0v) is 20.4. The predicted octanol–water partition coefficient (Wildman–Crippen LogP) is 9.92. The molecule has 0 saturated heterocycles. The lowest BCUT2D eigenvalue weighted by Gasteiger charge is -2.16. The Morgan fingerprint density at radius 3 is 2.00 bits per heavy atom. The fourth-order valence-corrected chi connectivity index (χ4v) is 4.78. The van der Waals surface area contributed by atoms with Gasteiger partial charge in [0.2, 0.25) is 0 Å². The van der Waals surface area contributed by atoms with Crippen LogP contribution in [0.5, 0.6) is 0 Å². The number of nitrogens with one attached hydrogen (secondary N) is 1. The summed E-state index contributed by atoms with van der Waals surface area (Å²) in [7, 11) is 0. The molecule has 0 amide bonds. The number of nitrogens with zero attached hydrogens (tertiary/aromatic N) is 2. The number of halogens is 9. The Morgan fingerprint density at radius 1 is 0.730 bits per heavy atom. The second-order valence-corrected chi connectivity index (χ2v) is 9.32. The first kappa shape index (κ1) is 25.5. The molecule has 37 heavy (non-hydrogen) atoms. The molecule has 0 aliphatic carbocycles. The van der Waals surface area contributed by atoms with Gasteiger partial charge in [0.15, 0.2) is 0 Å². The summed E-state index contributed by atoms with van der Waals surface area (Å²) in [5.41, 5.74) is -4.07. The van der Waals surface area contributed by atoms with Gasteiger partial charge in [-0.2, -0.15) is 26.3 Å². The van der Waals surface area contributed by atoms with E-state index >= 15 is 0 Å². The maximum Gasteiger partial charge on any atom is 0.432 e. The molecule has 0 spiro atoms. The van der Waals surface area contributed by atoms with Crippen LogP contribution in [0, 0.1) is 0 Å². The molecule has 2 heterocycles. The van der Waals surface area contributed by atoms with E-state index in [0.29, 0.717) is 4.57 Å². The van der Waals surface area contributed by atoms with Crippen molar-refractivity contribution in [3.63, 3.8) is 0 Å². The minimum Gasteiger partial charge on any atom is -0.340 e. The van der Waals surface area contributed by atoms with E-state index in [2.05, 4.69) is 10.3 Å². The van der Waals surface area contributed by atoms with Crippen LogP contribution in [0.1, 0.15) is 11.3 Å². The van der Waals surface area contributed by atoms with E-state index < -0.39 is 34.8 Å². The van der Waals surface area contributed by atoms with Crippen LogP contribution < -0.4 is 5.32 Å². The zero-order chi connectivity index (χ0) is 26.7. The number of hydrogen-bond acceptors (Lipinski definition) is 2. The second kappa shape index (κ2) is 9.01. The summed E-state index contributed by atoms with van der Waals surface area (Å²) in [6.07, 6.45) is -10.8. The number of pyridine rings is 1. The predicted molar refractivity (Wildman–Crippen MR) is 133 cm³/mol. The average Bonchev–Trinajstić information content (AvgIpc) is 3.17. The number of anilines is 2. The number of aromatic nitrogens is 2. The molecule has 5 rings (SSSR count). The van der Waals surface area contributed by atoms with Crippen LogP contribution >= 0.6 is 34.8 Å². The molecular weight excluding hydrogens is 563 g/mol. The summed E-state index contributed by atoms with van der Waals surface area (Å²) in [6, 6.07) is 15.2. The summed E-state index contributed by atoms with van der Waals surface area (Å²) in [5, 5.41) is 2.47. The molecule has 0 aliphatic rings. The molecule has 0 bridgehead atoms. The summed E-state index contributed by atoms with van der Waals surface area (Å²) in [4.78, 5) is 4.27. The Hall–Kier alpha value is -3.14. The van der Waals surface area contributed by atoms with Crippen molar-refractivity contribution < 1.29 is 26.3 Å². The standard InChI is InChI=1S/C25H12Cl3F6N3/c26-12-3-1-5-15(9-12)35-23-19-20(24(29,30)31)22(25(32,33)34)37(16-6-2-4-13(27)10-16)21(19)17-8-7-14(28)11-18(17)36-23/h1-11H,(H,35,36). The highest BCUT2D eigenvalue weighted by atomic mass is 35.5. The van der Waals surface area contributed by atoms with Gasteiger partial charge in [-0.05, 0) is 54.6 Å². The molecule has 3 nitrogen and oxygen atoms in total. The van der Waals surface area contributed by atoms with Crippen LogP contribution in [-0.2, 0) is 12.4 Å². The third-order valence-corrected chi connectivity index (χ3v) is 6.27. The topological polar surface area (TPSA) is 29.9 Å². The van der Waals surface area contributed by atoms with Crippen molar-refractivity contribution in [2.75, 3.05) is 5.32 Å². The molecular formula is C25H12Cl3F6N3. The van der Waals surface area contributed by atoms with Gasteiger partial charge in [-0.1, -0.05) is 46.9 Å². The first-order valence-corrected chi connectivity index (χ1v) is 11.6. The van der Waals surface area contributed by atoms with Gasteiger partial charge in [-0.25, -0.2) is 4.98 Å². The van der Waals surface area contributed by atoms with E-state index in [1.807, 2.05) is 0 Å². The highest BCUT2D eigenvalue weighted by Crippen LogP contribution is 2.50. The minimum atomic E-state index is -5.40. The summed E-state index contributed by atoms with van der Waals surface area (Å²) in [6.45, 7) is 0. The van der Waals surface area contributed by atoms with Gasteiger partial charge in [-0.3, -0.25) is 0 Å². The molecule has 0 atom stereocenters. The molecule has 0 radical (unpaired) electrons. The number of hydrogen-bond donors (Lipinski definition) is 1. The third kappa shape index (κ3) is 4.67. The van der Waals surface area contributed by atoms with Gasteiger partial charge in [0.1, 0.15) is 11.5 Å². The van der Waals surface area contributed by atoms with Crippen molar-refractivity contribution in [2.45, 2.75) is 12.4 Å². The van der Waals surface area contributed by atoms with Crippen LogP contribution in [0.2, 0.25) is 15.1 Å². The maximum absolute atomic E-state index is 14.5. The van der Waals surface area contributed by atoms with Gasteiger partial charge in [0, 0.05) is 31.8 Å². The van der Waals surface area contributed by atoms with Gasteiger partial charge >= 0.3 is 12.4 Å². The Bertz CT molecular complexity index is 1680. The smallest absolute Gasteiger partial charge is 0.340 e. The van der Waals surface area contributed by atoms with E-state index in [-0.39, 0.29) is 42.9 Å².